The van der Waals surface area contributed by atoms with Crippen LogP contribution in [0.5, 0.6) is 0 Å². The number of amides is 1. The number of nitrogens with zero attached hydrogens (tertiary/aromatic N) is 3. The fraction of sp³-hybridized carbons (Fsp3) is 0.375. The van der Waals surface area contributed by atoms with Gasteiger partial charge in [-0.25, -0.2) is 4.39 Å². The topological polar surface area (TPSA) is 59.8 Å². The molecule has 0 radical (unpaired) electrons. The molecule has 0 spiro atoms. The van der Waals surface area contributed by atoms with Crippen molar-refractivity contribution >= 4 is 17.7 Å². The maximum Gasteiger partial charge on any atom is 0.233 e. The summed E-state index contributed by atoms with van der Waals surface area (Å²) in [6, 6.07) is 16.6. The number of carbonyl (C=O) groups is 1. The van der Waals surface area contributed by atoms with E-state index < -0.39 is 0 Å². The summed E-state index contributed by atoms with van der Waals surface area (Å²) in [5, 5.41) is 12.3. The number of aromatic nitrogens is 3. The number of benzene rings is 2. The van der Waals surface area contributed by atoms with Gasteiger partial charge in [0.15, 0.2) is 11.0 Å². The van der Waals surface area contributed by atoms with Crippen molar-refractivity contribution in [1.29, 1.82) is 0 Å². The van der Waals surface area contributed by atoms with E-state index in [-0.39, 0.29) is 23.0 Å². The monoisotopic (exact) mass is 438 g/mol. The highest BCUT2D eigenvalue weighted by Gasteiger charge is 2.23. The minimum atomic E-state index is -0.291. The summed E-state index contributed by atoms with van der Waals surface area (Å²) in [4.78, 5) is 12.8. The molecule has 31 heavy (non-hydrogen) atoms. The van der Waals surface area contributed by atoms with Crippen LogP contribution in [-0.4, -0.2) is 32.0 Å². The molecule has 3 aromatic rings. The third-order valence-electron chi connectivity index (χ3n) is 5.61. The summed E-state index contributed by atoms with van der Waals surface area (Å²) in [6.45, 7) is 2.47. The summed E-state index contributed by atoms with van der Waals surface area (Å²) in [6.07, 6.45) is 5.73. The lowest BCUT2D eigenvalue weighted by atomic mass is 9.95. The highest BCUT2D eigenvalue weighted by atomic mass is 32.2. The average molecular weight is 439 g/mol. The van der Waals surface area contributed by atoms with Crippen LogP contribution in [-0.2, 0) is 11.3 Å². The molecule has 5 nitrogen and oxygen atoms in total. The van der Waals surface area contributed by atoms with Crippen molar-refractivity contribution in [2.24, 2.45) is 0 Å². The summed E-state index contributed by atoms with van der Waals surface area (Å²) in [7, 11) is 0. The number of hydrogen-bond donors (Lipinski definition) is 1. The molecule has 4 rings (SSSR count). The van der Waals surface area contributed by atoms with Crippen molar-refractivity contribution in [2.75, 3.05) is 0 Å². The Kier molecular flexibility index (Phi) is 7.02. The van der Waals surface area contributed by atoms with Crippen molar-refractivity contribution in [3.05, 3.63) is 66.0 Å². The molecule has 2 aromatic carbocycles. The fourth-order valence-electron chi connectivity index (χ4n) is 3.87. The Morgan fingerprint density at radius 3 is 2.52 bits per heavy atom. The molecule has 1 aliphatic carbocycles. The van der Waals surface area contributed by atoms with Gasteiger partial charge >= 0.3 is 0 Å². The molecule has 1 saturated carbocycles. The van der Waals surface area contributed by atoms with E-state index in [4.69, 9.17) is 0 Å². The Bertz CT molecular complexity index is 1000. The molecule has 0 aliphatic heterocycles. The van der Waals surface area contributed by atoms with Gasteiger partial charge in [0.2, 0.25) is 5.91 Å². The zero-order valence-electron chi connectivity index (χ0n) is 17.6. The minimum absolute atomic E-state index is 0.0366. The number of rotatable bonds is 7. The van der Waals surface area contributed by atoms with E-state index in [1.165, 1.54) is 43.2 Å². The smallest absolute Gasteiger partial charge is 0.233 e. The van der Waals surface area contributed by atoms with Crippen LogP contribution in [0.2, 0.25) is 0 Å². The van der Waals surface area contributed by atoms with Gasteiger partial charge in [-0.15, -0.1) is 10.2 Å². The van der Waals surface area contributed by atoms with Crippen molar-refractivity contribution in [3.8, 4) is 11.4 Å². The normalized spacial score (nSPS) is 15.5. The van der Waals surface area contributed by atoms with Crippen molar-refractivity contribution in [3.63, 3.8) is 0 Å². The lowest BCUT2D eigenvalue weighted by Gasteiger charge is -2.24. The molecule has 1 unspecified atom stereocenters. The molecule has 0 bridgehead atoms. The van der Waals surface area contributed by atoms with Crippen LogP contribution in [0.1, 0.15) is 44.6 Å². The summed E-state index contributed by atoms with van der Waals surface area (Å²) >= 11 is 1.41. The Balaban J connectivity index is 1.56. The zero-order valence-corrected chi connectivity index (χ0v) is 18.4. The molecule has 1 aliphatic rings. The first kappa shape index (κ1) is 21.6. The molecule has 7 heteroatoms. The predicted octanol–water partition coefficient (Wildman–Crippen LogP) is 5.06. The van der Waals surface area contributed by atoms with Crippen LogP contribution in [0.4, 0.5) is 4.39 Å². The molecule has 1 aromatic heterocycles. The first-order valence-electron chi connectivity index (χ1n) is 10.8. The van der Waals surface area contributed by atoms with Gasteiger partial charge < -0.3 is 5.32 Å². The molecule has 1 heterocycles. The quantitative estimate of drug-likeness (QED) is 0.524. The number of hydrogen-bond acceptors (Lipinski definition) is 4. The van der Waals surface area contributed by atoms with Crippen LogP contribution in [0, 0.1) is 5.82 Å². The van der Waals surface area contributed by atoms with Gasteiger partial charge in [0.25, 0.3) is 0 Å². The van der Waals surface area contributed by atoms with E-state index in [0.29, 0.717) is 17.5 Å². The molecular weight excluding hydrogens is 411 g/mol. The Morgan fingerprint density at radius 2 is 1.81 bits per heavy atom. The maximum atomic E-state index is 13.4. The second-order valence-corrected chi connectivity index (χ2v) is 9.30. The molecule has 1 amide bonds. The molecule has 0 saturated heterocycles. The number of thioether (sulfide) groups is 1. The largest absolute Gasteiger partial charge is 0.352 e. The third-order valence-corrected chi connectivity index (χ3v) is 6.69. The first-order chi connectivity index (χ1) is 15.1. The van der Waals surface area contributed by atoms with Gasteiger partial charge in [-0.2, -0.15) is 0 Å². The van der Waals surface area contributed by atoms with E-state index in [2.05, 4.69) is 15.5 Å². The Labute approximate surface area is 186 Å². The van der Waals surface area contributed by atoms with Gasteiger partial charge in [0.1, 0.15) is 5.82 Å². The SMILES string of the molecule is CC(Sc1nnc(-c2ccc(F)cc2)n1Cc1ccccc1)C(=O)NC1CCCCC1. The number of halogens is 1. The van der Waals surface area contributed by atoms with Crippen molar-refractivity contribution in [1.82, 2.24) is 20.1 Å². The molecule has 1 atom stereocenters. The zero-order chi connectivity index (χ0) is 21.6. The van der Waals surface area contributed by atoms with Crippen LogP contribution in [0.25, 0.3) is 11.4 Å². The van der Waals surface area contributed by atoms with E-state index >= 15 is 0 Å². The standard InChI is InChI=1S/C24H27FN4OS/c1-17(23(30)26-21-10-6-3-7-11-21)31-24-28-27-22(19-12-14-20(25)15-13-19)29(24)16-18-8-4-2-5-9-18/h2,4-5,8-9,12-15,17,21H,3,6-7,10-11,16H2,1H3,(H,26,30). The Hall–Kier alpha value is -2.67. The molecule has 1 N–H and O–H groups in total. The predicted molar refractivity (Wildman–Crippen MR) is 121 cm³/mol. The van der Waals surface area contributed by atoms with E-state index in [1.54, 1.807) is 12.1 Å². The van der Waals surface area contributed by atoms with Crippen LogP contribution < -0.4 is 5.32 Å². The van der Waals surface area contributed by atoms with Gasteiger partial charge in [0, 0.05) is 11.6 Å². The lowest BCUT2D eigenvalue weighted by Crippen LogP contribution is -2.40. The molecular formula is C24H27FN4OS. The van der Waals surface area contributed by atoms with E-state index in [1.807, 2.05) is 41.8 Å². The third kappa shape index (κ3) is 5.53. The van der Waals surface area contributed by atoms with Crippen LogP contribution in [0.15, 0.2) is 59.8 Å². The average Bonchev–Trinajstić information content (AvgIpc) is 3.17. The van der Waals surface area contributed by atoms with E-state index in [0.717, 1.165) is 24.0 Å². The highest BCUT2D eigenvalue weighted by Crippen LogP contribution is 2.28. The fourth-order valence-corrected chi connectivity index (χ4v) is 4.73. The second kappa shape index (κ2) is 10.1. The van der Waals surface area contributed by atoms with Gasteiger partial charge in [0.05, 0.1) is 11.8 Å². The molecule has 162 valence electrons. The molecule has 1 fully saturated rings. The second-order valence-electron chi connectivity index (χ2n) is 7.99. The van der Waals surface area contributed by atoms with Crippen LogP contribution >= 0.6 is 11.8 Å². The minimum Gasteiger partial charge on any atom is -0.352 e. The van der Waals surface area contributed by atoms with Crippen molar-refractivity contribution in [2.45, 2.75) is 62.0 Å². The summed E-state index contributed by atoms with van der Waals surface area (Å²) in [5.74, 6) is 0.404. The van der Waals surface area contributed by atoms with Gasteiger partial charge in [-0.1, -0.05) is 61.4 Å². The van der Waals surface area contributed by atoms with Gasteiger partial charge in [-0.05, 0) is 49.6 Å². The maximum absolute atomic E-state index is 13.4. The van der Waals surface area contributed by atoms with E-state index in [9.17, 15) is 9.18 Å². The van der Waals surface area contributed by atoms with Gasteiger partial charge in [-0.3, -0.25) is 9.36 Å². The van der Waals surface area contributed by atoms with Crippen LogP contribution in [0.3, 0.4) is 0 Å². The summed E-state index contributed by atoms with van der Waals surface area (Å²) in [5.41, 5.74) is 1.89. The summed E-state index contributed by atoms with van der Waals surface area (Å²) < 4.78 is 15.4. The Morgan fingerprint density at radius 1 is 1.10 bits per heavy atom. The highest BCUT2D eigenvalue weighted by molar-refractivity contribution is 8.00. The lowest BCUT2D eigenvalue weighted by molar-refractivity contribution is -0.121. The number of carbonyl (C=O) groups excluding carboxylic acids is 1. The number of nitrogens with one attached hydrogen (secondary N) is 1. The first-order valence-corrected chi connectivity index (χ1v) is 11.7. The van der Waals surface area contributed by atoms with Crippen molar-refractivity contribution < 1.29 is 9.18 Å².